The number of rotatable bonds is 3. The molecule has 0 aromatic carbocycles. The van der Waals surface area contributed by atoms with Gasteiger partial charge >= 0.3 is 0 Å². The highest BCUT2D eigenvalue weighted by molar-refractivity contribution is 5.79. The lowest BCUT2D eigenvalue weighted by Crippen LogP contribution is -2.49. The van der Waals surface area contributed by atoms with Crippen molar-refractivity contribution in [2.75, 3.05) is 73.0 Å². The molecule has 0 aliphatic carbocycles. The lowest BCUT2D eigenvalue weighted by atomic mass is 9.92. The number of nitrogens with zero attached hydrogens (tertiary/aromatic N) is 4. The molecule has 3 saturated heterocycles. The summed E-state index contributed by atoms with van der Waals surface area (Å²) >= 11 is 0. The molecule has 5 nitrogen and oxygen atoms in total. The van der Waals surface area contributed by atoms with Crippen molar-refractivity contribution in [1.82, 2.24) is 19.6 Å². The molecule has 0 radical (unpaired) electrons. The molecular formula is C18H34N4O. The molecule has 3 fully saturated rings. The zero-order valence-electron chi connectivity index (χ0n) is 15.0. The van der Waals surface area contributed by atoms with E-state index in [1.807, 2.05) is 0 Å². The summed E-state index contributed by atoms with van der Waals surface area (Å²) < 4.78 is 0. The van der Waals surface area contributed by atoms with Crippen molar-refractivity contribution >= 4 is 5.91 Å². The first kappa shape index (κ1) is 17.2. The van der Waals surface area contributed by atoms with Crippen molar-refractivity contribution < 1.29 is 4.79 Å². The average molecular weight is 322 g/mol. The van der Waals surface area contributed by atoms with Crippen LogP contribution in [0.5, 0.6) is 0 Å². The molecule has 0 aromatic heterocycles. The van der Waals surface area contributed by atoms with Gasteiger partial charge in [0.1, 0.15) is 0 Å². The second kappa shape index (κ2) is 7.95. The molecule has 0 N–H and O–H groups in total. The molecule has 0 bridgehead atoms. The van der Waals surface area contributed by atoms with E-state index in [-0.39, 0.29) is 0 Å². The topological polar surface area (TPSA) is 30.0 Å². The summed E-state index contributed by atoms with van der Waals surface area (Å²) in [4.78, 5) is 22.2. The third-order valence-electron chi connectivity index (χ3n) is 6.11. The summed E-state index contributed by atoms with van der Waals surface area (Å²) in [6, 6.07) is 0. The summed E-state index contributed by atoms with van der Waals surface area (Å²) in [6.45, 7) is 10.2. The predicted octanol–water partition coefficient (Wildman–Crippen LogP) is 0.814. The second-order valence-electron chi connectivity index (χ2n) is 7.95. The minimum atomic E-state index is 0.292. The van der Waals surface area contributed by atoms with Crippen LogP contribution in [-0.4, -0.2) is 98.5 Å². The Balaban J connectivity index is 1.39. The quantitative estimate of drug-likeness (QED) is 0.769. The van der Waals surface area contributed by atoms with Gasteiger partial charge in [0.05, 0.1) is 0 Å². The van der Waals surface area contributed by atoms with Gasteiger partial charge in [-0.05, 0) is 58.8 Å². The van der Waals surface area contributed by atoms with Crippen molar-refractivity contribution in [3.63, 3.8) is 0 Å². The third-order valence-corrected chi connectivity index (χ3v) is 6.11. The molecule has 0 saturated carbocycles. The molecule has 1 amide bonds. The van der Waals surface area contributed by atoms with E-state index in [0.29, 0.717) is 11.8 Å². The molecule has 0 atom stereocenters. The van der Waals surface area contributed by atoms with Crippen molar-refractivity contribution in [2.24, 2.45) is 11.8 Å². The number of likely N-dealkylation sites (tertiary alicyclic amines) is 2. The van der Waals surface area contributed by atoms with Crippen molar-refractivity contribution in [1.29, 1.82) is 0 Å². The first-order chi connectivity index (χ1) is 11.1. The van der Waals surface area contributed by atoms with Gasteiger partial charge in [0.25, 0.3) is 0 Å². The standard InChI is InChI=1S/C18H34N4O/c1-19-7-5-17(6-8-19)18(23)22-9-3-16(4-10-22)15-21-13-11-20(2)12-14-21/h16-17H,3-15H2,1-2H3. The summed E-state index contributed by atoms with van der Waals surface area (Å²) in [5.41, 5.74) is 0. The zero-order chi connectivity index (χ0) is 16.2. The van der Waals surface area contributed by atoms with E-state index in [1.165, 1.54) is 45.6 Å². The Kier molecular flexibility index (Phi) is 5.94. The monoisotopic (exact) mass is 322 g/mol. The predicted molar refractivity (Wildman–Crippen MR) is 93.5 cm³/mol. The largest absolute Gasteiger partial charge is 0.342 e. The van der Waals surface area contributed by atoms with Gasteiger partial charge in [-0.15, -0.1) is 0 Å². The fourth-order valence-electron chi connectivity index (χ4n) is 4.25. The van der Waals surface area contributed by atoms with E-state index in [2.05, 4.69) is 33.7 Å². The first-order valence-corrected chi connectivity index (χ1v) is 9.50. The molecule has 0 aromatic rings. The van der Waals surface area contributed by atoms with Gasteiger partial charge in [0, 0.05) is 51.7 Å². The average Bonchev–Trinajstić information content (AvgIpc) is 2.58. The zero-order valence-corrected chi connectivity index (χ0v) is 15.0. The molecule has 23 heavy (non-hydrogen) atoms. The van der Waals surface area contributed by atoms with Crippen LogP contribution in [0.25, 0.3) is 0 Å². The first-order valence-electron chi connectivity index (χ1n) is 9.50. The van der Waals surface area contributed by atoms with Gasteiger partial charge in [-0.2, -0.15) is 0 Å². The van der Waals surface area contributed by atoms with E-state index < -0.39 is 0 Å². The summed E-state index contributed by atoms with van der Waals surface area (Å²) in [7, 11) is 4.37. The molecule has 0 unspecified atom stereocenters. The van der Waals surface area contributed by atoms with Crippen LogP contribution >= 0.6 is 0 Å². The van der Waals surface area contributed by atoms with E-state index in [4.69, 9.17) is 0 Å². The van der Waals surface area contributed by atoms with Gasteiger partial charge in [-0.25, -0.2) is 0 Å². The number of carbonyl (C=O) groups excluding carboxylic acids is 1. The van der Waals surface area contributed by atoms with Crippen LogP contribution in [0.1, 0.15) is 25.7 Å². The molecular weight excluding hydrogens is 288 g/mol. The highest BCUT2D eigenvalue weighted by atomic mass is 16.2. The van der Waals surface area contributed by atoms with Crippen LogP contribution in [-0.2, 0) is 4.79 Å². The number of amides is 1. The van der Waals surface area contributed by atoms with Crippen LogP contribution < -0.4 is 0 Å². The molecule has 3 aliphatic heterocycles. The lowest BCUT2D eigenvalue weighted by Gasteiger charge is -2.39. The Morgan fingerprint density at radius 3 is 1.96 bits per heavy atom. The van der Waals surface area contributed by atoms with Crippen LogP contribution in [0.15, 0.2) is 0 Å². The number of likely N-dealkylation sites (N-methyl/N-ethyl adjacent to an activating group) is 1. The fraction of sp³-hybridized carbons (Fsp3) is 0.944. The molecule has 3 rings (SSSR count). The van der Waals surface area contributed by atoms with Crippen molar-refractivity contribution in [3.8, 4) is 0 Å². The van der Waals surface area contributed by atoms with Gasteiger partial charge in [0.2, 0.25) is 5.91 Å². The Labute approximate surface area is 141 Å². The van der Waals surface area contributed by atoms with E-state index in [1.54, 1.807) is 0 Å². The normalized spacial score (nSPS) is 27.5. The van der Waals surface area contributed by atoms with Crippen LogP contribution in [0.2, 0.25) is 0 Å². The molecule has 0 spiro atoms. The lowest BCUT2D eigenvalue weighted by molar-refractivity contribution is -0.138. The highest BCUT2D eigenvalue weighted by Gasteiger charge is 2.30. The van der Waals surface area contributed by atoms with E-state index in [0.717, 1.165) is 44.9 Å². The maximum Gasteiger partial charge on any atom is 0.225 e. The Bertz CT molecular complexity index is 378. The summed E-state index contributed by atoms with van der Waals surface area (Å²) in [6.07, 6.45) is 4.50. The summed E-state index contributed by atoms with van der Waals surface area (Å²) in [5, 5.41) is 0. The Morgan fingerprint density at radius 1 is 0.783 bits per heavy atom. The van der Waals surface area contributed by atoms with E-state index >= 15 is 0 Å². The maximum atomic E-state index is 12.7. The number of piperazine rings is 1. The van der Waals surface area contributed by atoms with Crippen molar-refractivity contribution in [2.45, 2.75) is 25.7 Å². The minimum absolute atomic E-state index is 0.292. The molecule has 3 aliphatic rings. The number of piperidine rings is 2. The number of hydrogen-bond donors (Lipinski definition) is 0. The Morgan fingerprint density at radius 2 is 1.35 bits per heavy atom. The van der Waals surface area contributed by atoms with E-state index in [9.17, 15) is 4.79 Å². The molecule has 5 heteroatoms. The van der Waals surface area contributed by atoms with Gasteiger partial charge in [-0.3, -0.25) is 4.79 Å². The van der Waals surface area contributed by atoms with Gasteiger partial charge < -0.3 is 19.6 Å². The fourth-order valence-corrected chi connectivity index (χ4v) is 4.25. The van der Waals surface area contributed by atoms with Crippen molar-refractivity contribution in [3.05, 3.63) is 0 Å². The SMILES string of the molecule is CN1CCC(C(=O)N2CCC(CN3CCN(C)CC3)CC2)CC1. The van der Waals surface area contributed by atoms with Crippen LogP contribution in [0.4, 0.5) is 0 Å². The molecule has 3 heterocycles. The summed E-state index contributed by atoms with van der Waals surface area (Å²) in [5.74, 6) is 1.52. The minimum Gasteiger partial charge on any atom is -0.342 e. The van der Waals surface area contributed by atoms with Gasteiger partial charge in [-0.1, -0.05) is 0 Å². The van der Waals surface area contributed by atoms with Crippen LogP contribution in [0.3, 0.4) is 0 Å². The van der Waals surface area contributed by atoms with Gasteiger partial charge in [0.15, 0.2) is 0 Å². The third kappa shape index (κ3) is 4.68. The van der Waals surface area contributed by atoms with Crippen LogP contribution in [0, 0.1) is 11.8 Å². The number of carbonyl (C=O) groups is 1. The molecule has 132 valence electrons. The highest BCUT2D eigenvalue weighted by Crippen LogP contribution is 2.24. The Hall–Kier alpha value is -0.650. The number of hydrogen-bond acceptors (Lipinski definition) is 4. The smallest absolute Gasteiger partial charge is 0.225 e. The second-order valence-corrected chi connectivity index (χ2v) is 7.95. The maximum absolute atomic E-state index is 12.7.